The molecular formula is C27H33FN2O4S. The van der Waals surface area contributed by atoms with Crippen LogP contribution in [0.3, 0.4) is 0 Å². The fourth-order valence-corrected chi connectivity index (χ4v) is 6.05. The molecule has 3 atom stereocenters. The predicted molar refractivity (Wildman–Crippen MR) is 133 cm³/mol. The normalized spacial score (nSPS) is 22.8. The number of likely N-dealkylation sites (N-methyl/N-ethyl adjacent to an activating group) is 1. The van der Waals surface area contributed by atoms with Crippen molar-refractivity contribution in [2.45, 2.75) is 50.3 Å². The minimum Gasteiger partial charge on any atom is -0.487 e. The Morgan fingerprint density at radius 1 is 1.26 bits per heavy atom. The van der Waals surface area contributed by atoms with Crippen LogP contribution in [0.2, 0.25) is 0 Å². The van der Waals surface area contributed by atoms with E-state index in [2.05, 4.69) is 11.8 Å². The zero-order chi connectivity index (χ0) is 25.2. The van der Waals surface area contributed by atoms with Gasteiger partial charge in [0.2, 0.25) is 10.0 Å². The molecule has 0 unspecified atom stereocenters. The van der Waals surface area contributed by atoms with Crippen LogP contribution in [-0.2, 0) is 16.6 Å². The highest BCUT2D eigenvalue weighted by molar-refractivity contribution is 7.89. The number of hydrogen-bond acceptors (Lipinski definition) is 5. The van der Waals surface area contributed by atoms with E-state index in [0.29, 0.717) is 30.1 Å². The number of benzene rings is 2. The summed E-state index contributed by atoms with van der Waals surface area (Å²) in [6.45, 7) is 4.41. The third-order valence-corrected chi connectivity index (χ3v) is 8.57. The van der Waals surface area contributed by atoms with Gasteiger partial charge in [-0.05, 0) is 51.1 Å². The molecule has 1 aliphatic carbocycles. The molecule has 2 aliphatic rings. The summed E-state index contributed by atoms with van der Waals surface area (Å²) >= 11 is 0. The largest absolute Gasteiger partial charge is 0.487 e. The molecule has 6 nitrogen and oxygen atoms in total. The van der Waals surface area contributed by atoms with Gasteiger partial charge in [0.15, 0.2) is 0 Å². The van der Waals surface area contributed by atoms with Crippen molar-refractivity contribution in [3.8, 4) is 17.6 Å². The summed E-state index contributed by atoms with van der Waals surface area (Å²) in [4.78, 5) is 2.05. The van der Waals surface area contributed by atoms with Gasteiger partial charge in [-0.3, -0.25) is 4.90 Å². The second-order valence-electron chi connectivity index (χ2n) is 9.73. The van der Waals surface area contributed by atoms with Gasteiger partial charge in [0.1, 0.15) is 22.6 Å². The number of ether oxygens (including phenoxy) is 1. The molecule has 35 heavy (non-hydrogen) atoms. The molecule has 1 heterocycles. The lowest BCUT2D eigenvalue weighted by molar-refractivity contribution is 0.0731. The third-order valence-electron chi connectivity index (χ3n) is 6.55. The molecule has 8 heteroatoms. The summed E-state index contributed by atoms with van der Waals surface area (Å²) in [5.74, 6) is 6.58. The second kappa shape index (κ2) is 10.7. The van der Waals surface area contributed by atoms with Crippen molar-refractivity contribution in [1.82, 2.24) is 9.21 Å². The monoisotopic (exact) mass is 500 g/mol. The zero-order valence-corrected chi connectivity index (χ0v) is 21.3. The SMILES string of the molecule is C[C@H](CO)N1C[C@H](C)[C@H](CN(C)Cc2ccccc2F)Oc2cc(C#CC3CC3)ccc2S1(=O)=O. The second-order valence-corrected chi connectivity index (χ2v) is 11.6. The van der Waals surface area contributed by atoms with Gasteiger partial charge in [-0.25, -0.2) is 12.8 Å². The van der Waals surface area contributed by atoms with Crippen molar-refractivity contribution in [3.05, 3.63) is 59.4 Å². The first kappa shape index (κ1) is 25.6. The Kier molecular flexibility index (Phi) is 7.82. The van der Waals surface area contributed by atoms with Crippen molar-refractivity contribution in [3.63, 3.8) is 0 Å². The van der Waals surface area contributed by atoms with Crippen molar-refractivity contribution in [2.24, 2.45) is 11.8 Å². The van der Waals surface area contributed by atoms with Gasteiger partial charge in [0.05, 0.1) is 6.61 Å². The van der Waals surface area contributed by atoms with Gasteiger partial charge < -0.3 is 9.84 Å². The molecule has 0 bridgehead atoms. The Morgan fingerprint density at radius 3 is 2.69 bits per heavy atom. The molecule has 2 aromatic rings. The summed E-state index contributed by atoms with van der Waals surface area (Å²) in [5, 5.41) is 9.79. The van der Waals surface area contributed by atoms with E-state index in [1.807, 2.05) is 18.9 Å². The molecule has 0 radical (unpaired) electrons. The zero-order valence-electron chi connectivity index (χ0n) is 20.4. The van der Waals surface area contributed by atoms with Crippen LogP contribution >= 0.6 is 0 Å². The number of sulfonamides is 1. The molecule has 0 spiro atoms. The average molecular weight is 501 g/mol. The van der Waals surface area contributed by atoms with Gasteiger partial charge in [-0.2, -0.15) is 4.31 Å². The number of hydrogen-bond donors (Lipinski definition) is 1. The van der Waals surface area contributed by atoms with Gasteiger partial charge in [-0.1, -0.05) is 37.0 Å². The van der Waals surface area contributed by atoms with Gasteiger partial charge in [0, 0.05) is 48.6 Å². The summed E-state index contributed by atoms with van der Waals surface area (Å²) in [6.07, 6.45) is 1.84. The number of nitrogens with zero attached hydrogens (tertiary/aromatic N) is 2. The van der Waals surface area contributed by atoms with E-state index in [4.69, 9.17) is 4.74 Å². The van der Waals surface area contributed by atoms with Crippen LogP contribution in [0.1, 0.15) is 37.8 Å². The molecule has 0 amide bonds. The topological polar surface area (TPSA) is 70.1 Å². The maximum absolute atomic E-state index is 14.2. The van der Waals surface area contributed by atoms with E-state index in [0.717, 1.165) is 12.8 Å². The summed E-state index contributed by atoms with van der Waals surface area (Å²) in [7, 11) is -2.00. The minimum absolute atomic E-state index is 0.0726. The van der Waals surface area contributed by atoms with Crippen LogP contribution in [0.15, 0.2) is 47.4 Å². The fourth-order valence-electron chi connectivity index (χ4n) is 4.22. The molecule has 0 saturated heterocycles. The molecule has 1 fully saturated rings. The van der Waals surface area contributed by atoms with Crippen molar-refractivity contribution >= 4 is 10.0 Å². The van der Waals surface area contributed by atoms with Crippen LogP contribution in [0.4, 0.5) is 4.39 Å². The van der Waals surface area contributed by atoms with E-state index in [-0.39, 0.29) is 41.6 Å². The van der Waals surface area contributed by atoms with Crippen LogP contribution in [-0.4, -0.2) is 61.6 Å². The van der Waals surface area contributed by atoms with Gasteiger partial charge in [0.25, 0.3) is 0 Å². The van der Waals surface area contributed by atoms with E-state index in [1.54, 1.807) is 43.3 Å². The Morgan fingerprint density at radius 2 is 2.00 bits per heavy atom. The van der Waals surface area contributed by atoms with Crippen LogP contribution in [0.5, 0.6) is 5.75 Å². The lowest BCUT2D eigenvalue weighted by Crippen LogP contribution is -2.49. The fraction of sp³-hybridized carbons (Fsp3) is 0.481. The van der Waals surface area contributed by atoms with E-state index in [1.165, 1.54) is 10.4 Å². The number of aliphatic hydroxyl groups is 1. The standard InChI is InChI=1S/C27H33FN2O4S/c1-19-15-30(20(2)18-31)35(32,33)27-13-12-22(11-10-21-8-9-21)14-25(27)34-26(19)17-29(3)16-23-6-4-5-7-24(23)28/h4-7,12-14,19-21,26,31H,8-9,15-18H2,1-3H3/t19-,20+,26-/m0/s1. The first-order valence-electron chi connectivity index (χ1n) is 12.1. The van der Waals surface area contributed by atoms with E-state index >= 15 is 0 Å². The quantitative estimate of drug-likeness (QED) is 0.615. The maximum Gasteiger partial charge on any atom is 0.247 e. The summed E-state index contributed by atoms with van der Waals surface area (Å²) < 4.78 is 49.1. The smallest absolute Gasteiger partial charge is 0.247 e. The summed E-state index contributed by atoms with van der Waals surface area (Å²) in [5.41, 5.74) is 1.30. The molecule has 1 saturated carbocycles. The molecule has 1 N–H and O–H groups in total. The Hall–Kier alpha value is -2.44. The minimum atomic E-state index is -3.89. The highest BCUT2D eigenvalue weighted by atomic mass is 32.2. The Bertz CT molecular complexity index is 1220. The van der Waals surface area contributed by atoms with Gasteiger partial charge in [-0.15, -0.1) is 0 Å². The molecule has 0 aromatic heterocycles. The summed E-state index contributed by atoms with van der Waals surface area (Å²) in [6, 6.07) is 11.0. The lowest BCUT2D eigenvalue weighted by Gasteiger charge is -2.37. The van der Waals surface area contributed by atoms with Crippen LogP contribution in [0, 0.1) is 29.5 Å². The lowest BCUT2D eigenvalue weighted by atomic mass is 10.0. The number of rotatable bonds is 6. The van der Waals surface area contributed by atoms with Gasteiger partial charge >= 0.3 is 0 Å². The van der Waals surface area contributed by atoms with Crippen LogP contribution in [0.25, 0.3) is 0 Å². The first-order chi connectivity index (χ1) is 16.7. The van der Waals surface area contributed by atoms with Crippen molar-refractivity contribution < 1.29 is 22.7 Å². The Balaban J connectivity index is 1.67. The maximum atomic E-state index is 14.2. The predicted octanol–water partition coefficient (Wildman–Crippen LogP) is 3.49. The average Bonchev–Trinajstić information content (AvgIpc) is 3.65. The molecule has 2 aromatic carbocycles. The highest BCUT2D eigenvalue weighted by Gasteiger charge is 2.38. The molecule has 1 aliphatic heterocycles. The first-order valence-corrected chi connectivity index (χ1v) is 13.5. The Labute approximate surface area is 207 Å². The number of fused-ring (bicyclic) bond motifs is 1. The van der Waals surface area contributed by atoms with E-state index in [9.17, 15) is 17.9 Å². The third kappa shape index (κ3) is 6.04. The van der Waals surface area contributed by atoms with E-state index < -0.39 is 16.1 Å². The highest BCUT2D eigenvalue weighted by Crippen LogP contribution is 2.34. The molecule has 188 valence electrons. The van der Waals surface area contributed by atoms with Crippen molar-refractivity contribution in [2.75, 3.05) is 26.7 Å². The number of halogens is 1. The van der Waals surface area contributed by atoms with Crippen molar-refractivity contribution in [1.29, 1.82) is 0 Å². The molecule has 4 rings (SSSR count). The molecular weight excluding hydrogens is 467 g/mol. The van der Waals surface area contributed by atoms with Crippen LogP contribution < -0.4 is 4.74 Å². The number of aliphatic hydroxyl groups excluding tert-OH is 1.